The van der Waals surface area contributed by atoms with E-state index in [1.807, 2.05) is 6.26 Å². The Morgan fingerprint density at radius 1 is 1.43 bits per heavy atom. The molecule has 0 saturated carbocycles. The number of thioether (sulfide) groups is 1. The quantitative estimate of drug-likeness (QED) is 0.534. The van der Waals surface area contributed by atoms with Crippen LogP contribution in [0.1, 0.15) is 6.92 Å². The van der Waals surface area contributed by atoms with Crippen LogP contribution in [0.5, 0.6) is 0 Å². The Bertz CT molecular complexity index is 617. The van der Waals surface area contributed by atoms with Crippen molar-refractivity contribution in [2.75, 3.05) is 43.2 Å². The molecule has 2 heterocycles. The summed E-state index contributed by atoms with van der Waals surface area (Å²) in [5.41, 5.74) is 0. The van der Waals surface area contributed by atoms with E-state index in [1.54, 1.807) is 14.0 Å². The van der Waals surface area contributed by atoms with Gasteiger partial charge in [-0.15, -0.1) is 0 Å². The average Bonchev–Trinajstić information content (AvgIpc) is 2.82. The number of nitrogens with zero attached hydrogens (tertiary/aromatic N) is 5. The zero-order chi connectivity index (χ0) is 17.0. The maximum Gasteiger partial charge on any atom is 0.326 e. The third-order valence-corrected chi connectivity index (χ3v) is 3.50. The molecule has 1 fully saturated rings. The monoisotopic (exact) mass is 339 g/mol. The number of anilines is 2. The number of esters is 1. The molecule has 1 aromatic rings. The van der Waals surface area contributed by atoms with E-state index in [0.717, 1.165) is 4.90 Å². The molecule has 10 nitrogen and oxygen atoms in total. The lowest BCUT2D eigenvalue weighted by Crippen LogP contribution is -2.38. The Morgan fingerprint density at radius 3 is 2.78 bits per heavy atom. The second-order valence-electron chi connectivity index (χ2n) is 4.39. The molecule has 124 valence electrons. The van der Waals surface area contributed by atoms with Crippen LogP contribution in [0, 0.1) is 5.41 Å². The van der Waals surface area contributed by atoms with Crippen LogP contribution in [0.3, 0.4) is 0 Å². The Hall–Kier alpha value is -2.43. The minimum atomic E-state index is -0.566. The van der Waals surface area contributed by atoms with Crippen molar-refractivity contribution in [3.05, 3.63) is 0 Å². The predicted molar refractivity (Wildman–Crippen MR) is 84.6 cm³/mol. The highest BCUT2D eigenvalue weighted by molar-refractivity contribution is 7.98. The van der Waals surface area contributed by atoms with E-state index in [4.69, 9.17) is 10.1 Å². The Kier molecular flexibility index (Phi) is 5.32. The summed E-state index contributed by atoms with van der Waals surface area (Å²) >= 11 is 1.32. The topological polar surface area (TPSA) is 124 Å². The van der Waals surface area contributed by atoms with E-state index in [0.29, 0.717) is 11.1 Å². The van der Waals surface area contributed by atoms with Crippen LogP contribution >= 0.6 is 11.8 Å². The van der Waals surface area contributed by atoms with E-state index in [2.05, 4.69) is 20.3 Å². The highest BCUT2D eigenvalue weighted by Gasteiger charge is 2.37. The molecule has 0 atom stereocenters. The Labute approximate surface area is 137 Å². The molecule has 11 heteroatoms. The summed E-state index contributed by atoms with van der Waals surface area (Å²) in [6, 6.07) is 0. The van der Waals surface area contributed by atoms with Crippen molar-refractivity contribution in [3.63, 3.8) is 0 Å². The van der Waals surface area contributed by atoms with Gasteiger partial charge in [0.05, 0.1) is 6.61 Å². The normalized spacial score (nSPS) is 14.4. The molecule has 0 radical (unpaired) electrons. The highest BCUT2D eigenvalue weighted by Crippen LogP contribution is 2.20. The predicted octanol–water partition coefficient (Wildman–Crippen LogP) is -0.218. The Balaban J connectivity index is 2.23. The van der Waals surface area contributed by atoms with Crippen molar-refractivity contribution >= 4 is 41.5 Å². The number of rotatable bonds is 6. The van der Waals surface area contributed by atoms with Crippen molar-refractivity contribution in [1.82, 2.24) is 19.9 Å². The fourth-order valence-electron chi connectivity index (χ4n) is 1.89. The van der Waals surface area contributed by atoms with Crippen molar-refractivity contribution in [3.8, 4) is 0 Å². The number of carbonyl (C=O) groups excluding carboxylic acids is 2. The van der Waals surface area contributed by atoms with E-state index < -0.39 is 5.97 Å². The van der Waals surface area contributed by atoms with E-state index in [-0.39, 0.29) is 37.5 Å². The molecular formula is C12H17N7O3S. The first-order chi connectivity index (χ1) is 11.0. The van der Waals surface area contributed by atoms with Gasteiger partial charge in [-0.05, 0) is 13.2 Å². The van der Waals surface area contributed by atoms with E-state index in [1.165, 1.54) is 16.7 Å². The summed E-state index contributed by atoms with van der Waals surface area (Å²) in [6.07, 6.45) is 1.81. The molecule has 1 aliphatic heterocycles. The number of guanidine groups is 1. The highest BCUT2D eigenvalue weighted by atomic mass is 32.2. The first-order valence-electron chi connectivity index (χ1n) is 6.80. The lowest BCUT2D eigenvalue weighted by molar-refractivity contribution is -0.146. The van der Waals surface area contributed by atoms with Crippen LogP contribution < -0.4 is 10.2 Å². The van der Waals surface area contributed by atoms with Gasteiger partial charge in [-0.1, -0.05) is 11.8 Å². The molecule has 1 aromatic heterocycles. The van der Waals surface area contributed by atoms with Gasteiger partial charge >= 0.3 is 5.97 Å². The second-order valence-corrected chi connectivity index (χ2v) is 5.16. The minimum absolute atomic E-state index is 0.112. The summed E-state index contributed by atoms with van der Waals surface area (Å²) in [5.74, 6) is -0.603. The summed E-state index contributed by atoms with van der Waals surface area (Å²) in [7, 11) is 1.66. The first-order valence-corrected chi connectivity index (χ1v) is 8.02. The van der Waals surface area contributed by atoms with Gasteiger partial charge in [0.2, 0.25) is 23.8 Å². The second kappa shape index (κ2) is 7.22. The number of carbonyl (C=O) groups is 2. The number of aromatic nitrogens is 3. The van der Waals surface area contributed by atoms with Crippen LogP contribution in [-0.4, -0.2) is 70.7 Å². The molecule has 0 bridgehead atoms. The molecule has 1 saturated heterocycles. The summed E-state index contributed by atoms with van der Waals surface area (Å²) in [4.78, 5) is 38.5. The van der Waals surface area contributed by atoms with Crippen LogP contribution in [0.15, 0.2) is 5.16 Å². The lowest BCUT2D eigenvalue weighted by Gasteiger charge is -2.18. The molecular weight excluding hydrogens is 322 g/mol. The molecule has 2 N–H and O–H groups in total. The van der Waals surface area contributed by atoms with Gasteiger partial charge in [-0.25, -0.2) is 0 Å². The number of nitrogens with one attached hydrogen (secondary N) is 2. The first kappa shape index (κ1) is 16.9. The maximum absolute atomic E-state index is 12.1. The van der Waals surface area contributed by atoms with Gasteiger partial charge in [0.1, 0.15) is 13.1 Å². The smallest absolute Gasteiger partial charge is 0.326 e. The zero-order valence-electron chi connectivity index (χ0n) is 13.0. The van der Waals surface area contributed by atoms with Crippen molar-refractivity contribution in [2.24, 2.45) is 0 Å². The van der Waals surface area contributed by atoms with Crippen molar-refractivity contribution < 1.29 is 14.3 Å². The van der Waals surface area contributed by atoms with Crippen LogP contribution in [0.2, 0.25) is 0 Å². The number of amides is 1. The van der Waals surface area contributed by atoms with Crippen molar-refractivity contribution in [1.29, 1.82) is 5.41 Å². The SMILES string of the molecule is CCOC(=O)CN1C(=N)N(c2nc(NC)nc(SC)n2)CC1=O. The van der Waals surface area contributed by atoms with Gasteiger partial charge in [-0.2, -0.15) is 15.0 Å². The largest absolute Gasteiger partial charge is 0.465 e. The van der Waals surface area contributed by atoms with Gasteiger partial charge in [0.25, 0.3) is 0 Å². The zero-order valence-corrected chi connectivity index (χ0v) is 13.8. The van der Waals surface area contributed by atoms with E-state index >= 15 is 0 Å². The maximum atomic E-state index is 12.1. The molecule has 0 aromatic carbocycles. The van der Waals surface area contributed by atoms with Gasteiger partial charge in [-0.3, -0.25) is 24.8 Å². The third-order valence-electron chi connectivity index (χ3n) is 2.95. The molecule has 1 aliphatic rings. The summed E-state index contributed by atoms with van der Waals surface area (Å²) in [6.45, 7) is 1.48. The molecule has 0 aliphatic carbocycles. The standard InChI is InChI=1S/C12H17N7O3S/c1-4-22-8(21)6-18-7(20)5-19(9(18)13)11-15-10(14-2)16-12(17-11)23-3/h13H,4-6H2,1-3H3,(H,14,15,16,17). The number of hydrogen-bond acceptors (Lipinski definition) is 9. The van der Waals surface area contributed by atoms with E-state index in [9.17, 15) is 9.59 Å². The summed E-state index contributed by atoms with van der Waals surface area (Å²) < 4.78 is 4.81. The summed E-state index contributed by atoms with van der Waals surface area (Å²) in [5, 5.41) is 11.4. The molecule has 0 unspecified atom stereocenters. The molecule has 1 amide bonds. The van der Waals surface area contributed by atoms with Crippen molar-refractivity contribution in [2.45, 2.75) is 12.1 Å². The van der Waals surface area contributed by atoms with Crippen LogP contribution in [0.25, 0.3) is 0 Å². The number of hydrogen-bond donors (Lipinski definition) is 2. The van der Waals surface area contributed by atoms with Gasteiger partial charge < -0.3 is 10.1 Å². The fraction of sp³-hybridized carbons (Fsp3) is 0.500. The van der Waals surface area contributed by atoms with Gasteiger partial charge in [0, 0.05) is 7.05 Å². The third kappa shape index (κ3) is 3.67. The average molecular weight is 339 g/mol. The molecule has 23 heavy (non-hydrogen) atoms. The Morgan fingerprint density at radius 2 is 2.17 bits per heavy atom. The lowest BCUT2D eigenvalue weighted by atomic mass is 10.5. The molecule has 0 spiro atoms. The van der Waals surface area contributed by atoms with Gasteiger partial charge in [0.15, 0.2) is 5.16 Å². The minimum Gasteiger partial charge on any atom is -0.465 e. The van der Waals surface area contributed by atoms with Crippen LogP contribution in [0.4, 0.5) is 11.9 Å². The molecule has 2 rings (SSSR count). The number of ether oxygens (including phenoxy) is 1. The fourth-order valence-corrected chi connectivity index (χ4v) is 2.24. The van der Waals surface area contributed by atoms with Crippen LogP contribution in [-0.2, 0) is 14.3 Å².